The first-order valence-electron chi connectivity index (χ1n) is 47.2. The van der Waals surface area contributed by atoms with E-state index in [2.05, 4.69) is 435 Å². The van der Waals surface area contributed by atoms with Crippen molar-refractivity contribution in [1.29, 1.82) is 0 Å². The second-order valence-electron chi connectivity index (χ2n) is 33.9. The predicted molar refractivity (Wildman–Crippen MR) is 587 cm³/mol. The van der Waals surface area contributed by atoms with Crippen LogP contribution in [0.3, 0.4) is 0 Å². The summed E-state index contributed by atoms with van der Waals surface area (Å²) < 4.78 is 5.45. The van der Waals surface area contributed by atoms with E-state index in [1.165, 1.54) is 101 Å². The third kappa shape index (κ3) is 28.0. The summed E-state index contributed by atoms with van der Waals surface area (Å²) in [5.74, 6) is 0. The van der Waals surface area contributed by atoms with E-state index < -0.39 is 0 Å². The molecule has 0 spiro atoms. The summed E-state index contributed by atoms with van der Waals surface area (Å²) in [5, 5.41) is 12.5. The normalized spacial score (nSPS) is 12.3. The predicted octanol–water partition coefficient (Wildman–Crippen LogP) is 28.9. The van der Waals surface area contributed by atoms with E-state index in [1.54, 1.807) is 21.8 Å². The van der Waals surface area contributed by atoms with Crippen molar-refractivity contribution in [2.45, 2.75) is 13.8 Å². The average Bonchev–Trinajstić information content (AvgIpc) is 1.64. The molecule has 1 radical (unpaired) electrons. The van der Waals surface area contributed by atoms with Gasteiger partial charge in [0.2, 0.25) is 0 Å². The van der Waals surface area contributed by atoms with Crippen LogP contribution in [-0.2, 0) is 80.4 Å². The van der Waals surface area contributed by atoms with Gasteiger partial charge in [-0.3, -0.25) is 14.0 Å². The van der Waals surface area contributed by atoms with Crippen LogP contribution in [0.15, 0.2) is 480 Å². The Balaban J connectivity index is 0.000000134. The van der Waals surface area contributed by atoms with Gasteiger partial charge < -0.3 is 49.0 Å². The van der Waals surface area contributed by atoms with Crippen LogP contribution in [-0.4, -0.2) is 74.4 Å². The standard InChI is InChI=1S/2C22H18N2.2C20H16N2.C14H12N2.C11H11N2.2C9H7N2.4Ir/c2*1-23-15-16-24(17-23)22-13-11-21(12-14-22)20-9-7-19(8-10-20)18-5-3-2-4-6-18;2*1-21-15-22(20-10-6-5-9-19(20)21)18-13-11-17(12-14-18)16-7-3-2-4-8-16;1-15-11-16(12-7-3-2-4-8-12)14-10-6-5-9-13(14)15;1-9-8-10(2)13(12-9)11-6-4-3-5-7-11;2*1-2-5-9(6-3-1)11-8-4-7-10-11;;;;/h2*2-13,15-17H,1H3;2*2-13,15H,1H3;2-7,9-11H,1H3;3-6,8H,1-2H3;2*1-5,7-8H;;;;/q5*-2;3*-1;;3*+3. The fourth-order valence-corrected chi connectivity index (χ4v) is 16.6. The van der Waals surface area contributed by atoms with Gasteiger partial charge >= 0.3 is 60.3 Å². The first-order valence-corrected chi connectivity index (χ1v) is 47.2. The number of nitrogens with zero attached hydrogens (tertiary/aromatic N) is 16. The quantitative estimate of drug-likeness (QED) is 0.0970. The number of aryl methyl sites for hydroxylation is 2. The third-order valence-electron chi connectivity index (χ3n) is 23.9. The first kappa shape index (κ1) is 107. The molecule has 0 amide bonds. The molecule has 20 aromatic rings. The van der Waals surface area contributed by atoms with Crippen LogP contribution in [0.2, 0.25) is 0 Å². The summed E-state index contributed by atoms with van der Waals surface area (Å²) in [5.41, 5.74) is 32.1. The van der Waals surface area contributed by atoms with Gasteiger partial charge in [-0.05, 0) is 168 Å². The Morgan fingerprint density at radius 3 is 0.755 bits per heavy atom. The van der Waals surface area contributed by atoms with Crippen molar-refractivity contribution in [2.75, 3.05) is 74.4 Å². The Labute approximate surface area is 919 Å². The molecule has 8 heterocycles. The molecule has 0 unspecified atom stereocenters. The number of aromatic nitrogens is 6. The molecular weight excluding hydrogens is 2520 g/mol. The van der Waals surface area contributed by atoms with E-state index in [4.69, 9.17) is 0 Å². The van der Waals surface area contributed by atoms with Gasteiger partial charge in [0.15, 0.2) is 0 Å². The van der Waals surface area contributed by atoms with Gasteiger partial charge in [-0.25, -0.2) is 0 Å². The Hall–Kier alpha value is -15.6. The molecule has 17 aromatic carbocycles. The molecule has 25 rings (SSSR count). The first-order chi connectivity index (χ1) is 70.3. The molecule has 0 N–H and O–H groups in total. The molecule has 733 valence electrons. The summed E-state index contributed by atoms with van der Waals surface area (Å²) in [4.78, 5) is 21.0. The maximum absolute atomic E-state index is 4.37. The Kier molecular flexibility index (Phi) is 38.9. The smallest absolute Gasteiger partial charge is 0.510 e. The van der Waals surface area contributed by atoms with Crippen LogP contribution in [0.1, 0.15) is 11.4 Å². The summed E-state index contributed by atoms with van der Waals surface area (Å²) in [7, 11) is 10.2. The summed E-state index contributed by atoms with van der Waals surface area (Å²) >= 11 is 0. The van der Waals surface area contributed by atoms with Gasteiger partial charge in [0.1, 0.15) is 0 Å². The minimum atomic E-state index is 0. The molecule has 3 aromatic heterocycles. The number of rotatable bonds is 14. The van der Waals surface area contributed by atoms with Crippen molar-refractivity contribution in [3.63, 3.8) is 0 Å². The fourth-order valence-electron chi connectivity index (χ4n) is 16.6. The number of benzene rings is 17. The van der Waals surface area contributed by atoms with E-state index in [0.717, 1.165) is 56.9 Å². The minimum Gasteiger partial charge on any atom is -0.510 e. The topological polar surface area (TPSA) is 85.9 Å². The number of para-hydroxylation sites is 10. The molecule has 20 heteroatoms. The van der Waals surface area contributed by atoms with E-state index in [-0.39, 0.29) is 80.4 Å². The van der Waals surface area contributed by atoms with E-state index >= 15 is 0 Å². The molecule has 0 bridgehead atoms. The summed E-state index contributed by atoms with van der Waals surface area (Å²) in [6.45, 7) is 14.4. The molecule has 147 heavy (non-hydrogen) atoms. The minimum absolute atomic E-state index is 0. The Morgan fingerprint density at radius 2 is 0.490 bits per heavy atom. The largest absolute Gasteiger partial charge is 3.00 e. The van der Waals surface area contributed by atoms with E-state index in [9.17, 15) is 0 Å². The molecule has 0 saturated carbocycles. The van der Waals surface area contributed by atoms with Crippen LogP contribution < -0.4 is 39.2 Å². The van der Waals surface area contributed by atoms with Gasteiger partial charge in [0, 0.05) is 84.7 Å². The number of hydrogen-bond donors (Lipinski definition) is 0. The molecule has 5 aliphatic rings. The van der Waals surface area contributed by atoms with Gasteiger partial charge in [-0.2, -0.15) is 225 Å². The molecule has 0 fully saturated rings. The molecule has 0 saturated heterocycles. The Morgan fingerprint density at radius 1 is 0.231 bits per heavy atom. The SMILES string of the molecule is CN1C=CN(c2[c-]cc(-c3ccc(-c4ccccc4)cc3)cc2)[CH-]1.CN1C=CN(c2[c-]cc(-c3ccc(-c4ccccc4)cc3)cc2)[CH-]1.CN1[CH-]N(c2[c-]cc(-c3ccccc3)cc2)c2ccccc21.CN1[CH-]N(c2[c-]cc(-c3ccccc3)cc2)c2ccccc21.CN1[CH-]N(c2[c-]cccc2)c2ccccc21.Cc1cc(C)n(-c2[c-]cccc2)n1.[Ir+3].[Ir+3].[Ir+3].[Ir].[c-]1ccccc1-n1cccn1.[c-]1ccccc1-n1cccn1. The van der Waals surface area contributed by atoms with Crippen molar-refractivity contribution >= 4 is 62.6 Å². The van der Waals surface area contributed by atoms with Crippen molar-refractivity contribution in [1.82, 2.24) is 39.1 Å². The van der Waals surface area contributed by atoms with Gasteiger partial charge in [0.05, 0.1) is 5.69 Å². The monoisotopic (exact) mass is 2630 g/mol. The summed E-state index contributed by atoms with van der Waals surface area (Å²) in [6, 6.07) is 173. The van der Waals surface area contributed by atoms with Crippen LogP contribution in [0.25, 0.3) is 83.8 Å². The van der Waals surface area contributed by atoms with Crippen LogP contribution >= 0.6 is 0 Å². The van der Waals surface area contributed by atoms with Crippen LogP contribution in [0.4, 0.5) is 62.6 Å². The average molecular weight is 2620 g/mol. The molecule has 0 aliphatic carbocycles. The van der Waals surface area contributed by atoms with Crippen LogP contribution in [0.5, 0.6) is 0 Å². The molecule has 16 nitrogen and oxygen atoms in total. The number of fused-ring (bicyclic) bond motifs is 3. The summed E-state index contributed by atoms with van der Waals surface area (Å²) in [6.07, 6.45) is 15.4. The van der Waals surface area contributed by atoms with Crippen molar-refractivity contribution in [3.8, 4) is 83.8 Å². The van der Waals surface area contributed by atoms with Gasteiger partial charge in [0.25, 0.3) is 0 Å². The van der Waals surface area contributed by atoms with E-state index in [1.807, 2.05) is 232 Å². The van der Waals surface area contributed by atoms with Crippen molar-refractivity contribution < 1.29 is 80.4 Å². The van der Waals surface area contributed by atoms with Crippen molar-refractivity contribution in [2.24, 2.45) is 0 Å². The number of anilines is 11. The van der Waals surface area contributed by atoms with Crippen molar-refractivity contribution in [3.05, 3.63) is 574 Å². The zero-order valence-corrected chi connectivity index (χ0v) is 91.6. The zero-order valence-electron chi connectivity index (χ0n) is 82.0. The van der Waals surface area contributed by atoms with Gasteiger partial charge in [-0.15, -0.1) is 93.2 Å². The second-order valence-corrected chi connectivity index (χ2v) is 33.9. The molecular formula is C127H105Ir4N16-4. The Bertz CT molecular complexity index is 7020. The van der Waals surface area contributed by atoms with E-state index in [0.29, 0.717) is 0 Å². The maximum Gasteiger partial charge on any atom is 3.00 e. The second kappa shape index (κ2) is 53.3. The van der Waals surface area contributed by atoms with Gasteiger partial charge in [-0.1, -0.05) is 229 Å². The maximum atomic E-state index is 4.37. The molecule has 0 atom stereocenters. The fraction of sp³-hybridized carbons (Fsp3) is 0.0551. The number of hydrogen-bond acceptors (Lipinski definition) is 13. The zero-order chi connectivity index (χ0) is 97.8. The van der Waals surface area contributed by atoms with Crippen LogP contribution in [0, 0.1) is 95.7 Å². The molecule has 5 aliphatic heterocycles. The third-order valence-corrected chi connectivity index (χ3v) is 23.9.